The highest BCUT2D eigenvalue weighted by atomic mass is 19.1. The standard InChI is InChI=1S/C24H24F2O/c1-15(21-10-11-24(26)23-14-19(25)6-9-22(21)23)12-16-2-3-18(13-16)17-4-7-20(27)8-5-17/h4-11,14-16,18,27H,2-3,12-13H2,1H3/t15-,16+,18+/m0/s1. The van der Waals surface area contributed by atoms with Gasteiger partial charge in [-0.05, 0) is 90.3 Å². The van der Waals surface area contributed by atoms with Crippen molar-refractivity contribution in [3.63, 3.8) is 0 Å². The number of fused-ring (bicyclic) bond motifs is 1. The van der Waals surface area contributed by atoms with Crippen molar-refractivity contribution in [1.29, 1.82) is 0 Å². The van der Waals surface area contributed by atoms with Gasteiger partial charge in [-0.25, -0.2) is 8.78 Å². The van der Waals surface area contributed by atoms with E-state index in [-0.39, 0.29) is 5.82 Å². The molecular weight excluding hydrogens is 342 g/mol. The molecule has 140 valence electrons. The average Bonchev–Trinajstić information content (AvgIpc) is 3.11. The smallest absolute Gasteiger partial charge is 0.131 e. The first-order valence-corrected chi connectivity index (χ1v) is 9.68. The molecule has 0 unspecified atom stereocenters. The minimum Gasteiger partial charge on any atom is -0.508 e. The van der Waals surface area contributed by atoms with E-state index >= 15 is 0 Å². The Morgan fingerprint density at radius 2 is 1.74 bits per heavy atom. The predicted octanol–water partition coefficient (Wildman–Crippen LogP) is 6.90. The highest BCUT2D eigenvalue weighted by molar-refractivity contribution is 5.86. The number of halogens is 2. The van der Waals surface area contributed by atoms with Crippen LogP contribution < -0.4 is 0 Å². The van der Waals surface area contributed by atoms with Gasteiger partial charge >= 0.3 is 0 Å². The Labute approximate surface area is 158 Å². The van der Waals surface area contributed by atoms with Crippen molar-refractivity contribution in [3.8, 4) is 5.75 Å². The zero-order valence-corrected chi connectivity index (χ0v) is 15.5. The molecule has 3 heteroatoms. The fourth-order valence-corrected chi connectivity index (χ4v) is 4.70. The highest BCUT2D eigenvalue weighted by Gasteiger charge is 2.27. The zero-order valence-electron chi connectivity index (χ0n) is 15.5. The van der Waals surface area contributed by atoms with Crippen LogP contribution in [0.5, 0.6) is 5.75 Å². The molecule has 0 amide bonds. The molecule has 0 saturated heterocycles. The van der Waals surface area contributed by atoms with Crippen LogP contribution in [0, 0.1) is 17.6 Å². The van der Waals surface area contributed by atoms with E-state index in [0.29, 0.717) is 28.9 Å². The molecule has 0 bridgehead atoms. The van der Waals surface area contributed by atoms with Gasteiger partial charge in [-0.2, -0.15) is 0 Å². The third-order valence-electron chi connectivity index (χ3n) is 6.08. The molecule has 0 spiro atoms. The van der Waals surface area contributed by atoms with Crippen LogP contribution in [0.2, 0.25) is 0 Å². The summed E-state index contributed by atoms with van der Waals surface area (Å²) in [5.41, 5.74) is 2.39. The summed E-state index contributed by atoms with van der Waals surface area (Å²) in [7, 11) is 0. The van der Waals surface area contributed by atoms with Gasteiger partial charge in [-0.15, -0.1) is 0 Å². The van der Waals surface area contributed by atoms with Crippen LogP contribution in [0.3, 0.4) is 0 Å². The van der Waals surface area contributed by atoms with E-state index in [0.717, 1.165) is 30.2 Å². The quantitative estimate of drug-likeness (QED) is 0.532. The van der Waals surface area contributed by atoms with E-state index in [1.54, 1.807) is 18.2 Å². The van der Waals surface area contributed by atoms with Crippen molar-refractivity contribution < 1.29 is 13.9 Å². The molecule has 0 radical (unpaired) electrons. The van der Waals surface area contributed by atoms with Gasteiger partial charge in [0.05, 0.1) is 0 Å². The van der Waals surface area contributed by atoms with Crippen molar-refractivity contribution in [2.75, 3.05) is 0 Å². The van der Waals surface area contributed by atoms with Crippen molar-refractivity contribution in [1.82, 2.24) is 0 Å². The Kier molecular flexibility index (Phi) is 4.86. The van der Waals surface area contributed by atoms with Gasteiger partial charge in [0.2, 0.25) is 0 Å². The van der Waals surface area contributed by atoms with Crippen LogP contribution in [0.4, 0.5) is 8.78 Å². The summed E-state index contributed by atoms with van der Waals surface area (Å²) in [5.74, 6) is 0.998. The van der Waals surface area contributed by atoms with Gasteiger partial charge in [0.25, 0.3) is 0 Å². The molecule has 1 aliphatic carbocycles. The maximum absolute atomic E-state index is 14.1. The molecule has 0 aliphatic heterocycles. The molecule has 1 saturated carbocycles. The van der Waals surface area contributed by atoms with Crippen molar-refractivity contribution in [3.05, 3.63) is 77.4 Å². The lowest BCUT2D eigenvalue weighted by Crippen LogP contribution is -2.04. The Bertz CT molecular complexity index is 949. The van der Waals surface area contributed by atoms with E-state index in [1.807, 2.05) is 18.2 Å². The lowest BCUT2D eigenvalue weighted by molar-refractivity contribution is 0.455. The summed E-state index contributed by atoms with van der Waals surface area (Å²) in [6.07, 6.45) is 4.54. The third-order valence-corrected chi connectivity index (χ3v) is 6.08. The lowest BCUT2D eigenvalue weighted by atomic mass is 9.86. The molecule has 1 fully saturated rings. The number of benzene rings is 3. The molecule has 3 aromatic carbocycles. The average molecular weight is 366 g/mol. The second-order valence-corrected chi connectivity index (χ2v) is 7.93. The van der Waals surface area contributed by atoms with Gasteiger partial charge in [-0.3, -0.25) is 0 Å². The Balaban J connectivity index is 1.50. The number of hydrogen-bond donors (Lipinski definition) is 1. The normalized spacial score (nSPS) is 20.9. The summed E-state index contributed by atoms with van der Waals surface area (Å²) in [4.78, 5) is 0. The molecule has 27 heavy (non-hydrogen) atoms. The first kappa shape index (κ1) is 18.0. The van der Waals surface area contributed by atoms with Crippen LogP contribution in [-0.2, 0) is 0 Å². The number of aromatic hydroxyl groups is 1. The second kappa shape index (κ2) is 7.30. The topological polar surface area (TPSA) is 20.2 Å². The highest BCUT2D eigenvalue weighted by Crippen LogP contribution is 2.43. The van der Waals surface area contributed by atoms with Gasteiger partial charge in [0.1, 0.15) is 17.4 Å². The summed E-state index contributed by atoms with van der Waals surface area (Å²) in [6.45, 7) is 2.18. The van der Waals surface area contributed by atoms with Crippen molar-refractivity contribution in [2.24, 2.45) is 5.92 Å². The summed E-state index contributed by atoms with van der Waals surface area (Å²) in [6, 6.07) is 15.3. The molecule has 1 N–H and O–H groups in total. The first-order chi connectivity index (χ1) is 13.0. The molecule has 0 aromatic heterocycles. The summed E-state index contributed by atoms with van der Waals surface area (Å²) >= 11 is 0. The SMILES string of the molecule is C[C@@H](C[C@H]1CC[C@@H](c2ccc(O)cc2)C1)c1ccc(F)c2cc(F)ccc12. The van der Waals surface area contributed by atoms with E-state index in [9.17, 15) is 13.9 Å². The van der Waals surface area contributed by atoms with E-state index in [4.69, 9.17) is 0 Å². The monoisotopic (exact) mass is 366 g/mol. The minimum absolute atomic E-state index is 0.294. The number of hydrogen-bond acceptors (Lipinski definition) is 1. The predicted molar refractivity (Wildman–Crippen MR) is 105 cm³/mol. The maximum atomic E-state index is 14.1. The van der Waals surface area contributed by atoms with Gasteiger partial charge in [0.15, 0.2) is 0 Å². The molecular formula is C24H24F2O. The van der Waals surface area contributed by atoms with Crippen molar-refractivity contribution in [2.45, 2.75) is 44.4 Å². The zero-order chi connectivity index (χ0) is 19.0. The first-order valence-electron chi connectivity index (χ1n) is 9.68. The van der Waals surface area contributed by atoms with Crippen LogP contribution in [-0.4, -0.2) is 5.11 Å². The molecule has 1 nitrogen and oxygen atoms in total. The summed E-state index contributed by atoms with van der Waals surface area (Å²) < 4.78 is 27.6. The summed E-state index contributed by atoms with van der Waals surface area (Å²) in [5, 5.41) is 10.7. The number of rotatable bonds is 4. The minimum atomic E-state index is -0.404. The lowest BCUT2D eigenvalue weighted by Gasteiger charge is -2.19. The molecule has 3 atom stereocenters. The third kappa shape index (κ3) is 3.69. The van der Waals surface area contributed by atoms with Crippen molar-refractivity contribution >= 4 is 10.8 Å². The molecule has 4 rings (SSSR count). The van der Waals surface area contributed by atoms with Crippen LogP contribution in [0.15, 0.2) is 54.6 Å². The van der Waals surface area contributed by atoms with Crippen LogP contribution in [0.1, 0.15) is 55.6 Å². The molecule has 0 heterocycles. The Hall–Kier alpha value is -2.42. The van der Waals surface area contributed by atoms with Crippen LogP contribution in [0.25, 0.3) is 10.8 Å². The fourth-order valence-electron chi connectivity index (χ4n) is 4.70. The number of phenolic OH excluding ortho intramolecular Hbond substituents is 1. The van der Waals surface area contributed by atoms with E-state index < -0.39 is 5.82 Å². The fraction of sp³-hybridized carbons (Fsp3) is 0.333. The van der Waals surface area contributed by atoms with E-state index in [1.165, 1.54) is 30.2 Å². The maximum Gasteiger partial charge on any atom is 0.131 e. The molecule has 1 aliphatic rings. The largest absolute Gasteiger partial charge is 0.508 e. The van der Waals surface area contributed by atoms with Gasteiger partial charge < -0.3 is 5.11 Å². The Morgan fingerprint density at radius 3 is 2.52 bits per heavy atom. The van der Waals surface area contributed by atoms with Gasteiger partial charge in [-0.1, -0.05) is 31.2 Å². The molecule has 3 aromatic rings. The van der Waals surface area contributed by atoms with Gasteiger partial charge in [0, 0.05) is 5.39 Å². The van der Waals surface area contributed by atoms with E-state index in [2.05, 4.69) is 6.92 Å². The second-order valence-electron chi connectivity index (χ2n) is 7.93. The number of phenols is 1. The van der Waals surface area contributed by atoms with Crippen LogP contribution >= 0.6 is 0 Å². The Morgan fingerprint density at radius 1 is 0.963 bits per heavy atom.